The zero-order valence-electron chi connectivity index (χ0n) is 10.6. The zero-order chi connectivity index (χ0) is 15.0. The van der Waals surface area contributed by atoms with Crippen LogP contribution in [0.25, 0.3) is 10.9 Å². The van der Waals surface area contributed by atoms with Crippen LogP contribution in [0.5, 0.6) is 0 Å². The van der Waals surface area contributed by atoms with E-state index in [9.17, 15) is 9.59 Å². The molecule has 0 spiro atoms. The number of aromatic carboxylic acids is 1. The number of hydrogen-bond donors (Lipinski definition) is 2. The molecule has 0 radical (unpaired) electrons. The second kappa shape index (κ2) is 5.23. The van der Waals surface area contributed by atoms with Gasteiger partial charge in [-0.2, -0.15) is 0 Å². The number of carboxylic acid groups (broad SMARTS) is 1. The molecular formula is C13H9N3O3S2. The summed E-state index contributed by atoms with van der Waals surface area (Å²) in [5.41, 5.74) is 0.256. The summed E-state index contributed by atoms with van der Waals surface area (Å²) in [5.74, 6) is -1.05. The number of H-pyrrole nitrogens is 1. The van der Waals surface area contributed by atoms with E-state index < -0.39 is 5.97 Å². The number of aromatic nitrogens is 3. The number of aromatic amines is 1. The van der Waals surface area contributed by atoms with Gasteiger partial charge in [0.05, 0.1) is 23.0 Å². The predicted molar refractivity (Wildman–Crippen MR) is 81.6 cm³/mol. The van der Waals surface area contributed by atoms with E-state index in [1.807, 2.05) is 5.38 Å². The van der Waals surface area contributed by atoms with E-state index in [1.165, 1.54) is 34.1 Å². The van der Waals surface area contributed by atoms with Crippen LogP contribution in [-0.2, 0) is 6.54 Å². The number of thiazole rings is 1. The second-order valence-electron chi connectivity index (χ2n) is 4.31. The molecule has 0 saturated carbocycles. The number of carbonyl (C=O) groups is 1. The van der Waals surface area contributed by atoms with Gasteiger partial charge in [0.25, 0.3) is 5.56 Å². The summed E-state index contributed by atoms with van der Waals surface area (Å²) >= 11 is 6.62. The lowest BCUT2D eigenvalue weighted by Crippen LogP contribution is -2.22. The summed E-state index contributed by atoms with van der Waals surface area (Å²) in [5, 5.41) is 12.0. The van der Waals surface area contributed by atoms with Crippen LogP contribution in [0.2, 0.25) is 0 Å². The van der Waals surface area contributed by atoms with Crippen LogP contribution in [-0.4, -0.2) is 25.6 Å². The topological polar surface area (TPSA) is 88.0 Å². The van der Waals surface area contributed by atoms with Crippen LogP contribution in [0.4, 0.5) is 0 Å². The minimum atomic E-state index is -1.05. The van der Waals surface area contributed by atoms with Gasteiger partial charge in [0, 0.05) is 11.6 Å². The zero-order valence-corrected chi connectivity index (χ0v) is 12.2. The van der Waals surface area contributed by atoms with Gasteiger partial charge in [-0.05, 0) is 30.4 Å². The molecule has 0 saturated heterocycles. The van der Waals surface area contributed by atoms with Gasteiger partial charge in [-0.15, -0.1) is 11.3 Å². The molecule has 3 rings (SSSR count). The average molecular weight is 319 g/mol. The molecule has 2 aromatic heterocycles. The molecule has 0 atom stereocenters. The van der Waals surface area contributed by atoms with Gasteiger partial charge in [0.1, 0.15) is 5.01 Å². The van der Waals surface area contributed by atoms with Crippen LogP contribution in [0.3, 0.4) is 0 Å². The van der Waals surface area contributed by atoms with E-state index in [0.29, 0.717) is 17.4 Å². The standard InChI is InChI=1S/C13H9N3O3S2/c17-11-8-2-1-7(12(18)19)5-9(8)15-13(20)16(11)6-10-14-3-4-21-10/h1-5H,6H2,(H,15,20)(H,18,19). The highest BCUT2D eigenvalue weighted by atomic mass is 32.1. The van der Waals surface area contributed by atoms with Crippen molar-refractivity contribution in [1.29, 1.82) is 0 Å². The third-order valence-corrected chi connectivity index (χ3v) is 4.09. The highest BCUT2D eigenvalue weighted by Crippen LogP contribution is 2.12. The molecule has 0 amide bonds. The smallest absolute Gasteiger partial charge is 0.335 e. The van der Waals surface area contributed by atoms with Gasteiger partial charge in [0.15, 0.2) is 4.77 Å². The van der Waals surface area contributed by atoms with Gasteiger partial charge < -0.3 is 10.1 Å². The maximum absolute atomic E-state index is 12.5. The second-order valence-corrected chi connectivity index (χ2v) is 5.68. The number of nitrogens with zero attached hydrogens (tertiary/aromatic N) is 2. The molecule has 2 N–H and O–H groups in total. The first-order valence-electron chi connectivity index (χ1n) is 5.95. The fourth-order valence-corrected chi connectivity index (χ4v) is 2.86. The fourth-order valence-electron chi connectivity index (χ4n) is 2.00. The first-order chi connectivity index (χ1) is 10.1. The van der Waals surface area contributed by atoms with E-state index in [0.717, 1.165) is 5.01 Å². The number of hydrogen-bond acceptors (Lipinski definition) is 5. The van der Waals surface area contributed by atoms with Gasteiger partial charge in [-0.3, -0.25) is 9.36 Å². The average Bonchev–Trinajstić information content (AvgIpc) is 2.95. The number of nitrogens with one attached hydrogen (secondary N) is 1. The van der Waals surface area contributed by atoms with E-state index in [2.05, 4.69) is 9.97 Å². The Morgan fingerprint density at radius 2 is 2.29 bits per heavy atom. The lowest BCUT2D eigenvalue weighted by molar-refractivity contribution is 0.0697. The van der Waals surface area contributed by atoms with Crippen molar-refractivity contribution in [3.05, 3.63) is 55.5 Å². The van der Waals surface area contributed by atoms with Gasteiger partial charge in [-0.1, -0.05) is 0 Å². The Kier molecular flexibility index (Phi) is 3.40. The Hall–Kier alpha value is -2.32. The van der Waals surface area contributed by atoms with Crippen LogP contribution in [0.1, 0.15) is 15.4 Å². The van der Waals surface area contributed by atoms with Gasteiger partial charge in [0.2, 0.25) is 0 Å². The Labute approximate surface area is 127 Å². The van der Waals surface area contributed by atoms with Crippen molar-refractivity contribution < 1.29 is 9.90 Å². The minimum absolute atomic E-state index is 0.102. The molecule has 0 aliphatic rings. The first-order valence-corrected chi connectivity index (χ1v) is 7.23. The van der Waals surface area contributed by atoms with Crippen LogP contribution >= 0.6 is 23.6 Å². The molecule has 21 heavy (non-hydrogen) atoms. The Morgan fingerprint density at radius 1 is 1.48 bits per heavy atom. The summed E-state index contributed by atoms with van der Waals surface area (Å²) in [6.45, 7) is 0.294. The summed E-state index contributed by atoms with van der Waals surface area (Å²) in [7, 11) is 0. The normalized spacial score (nSPS) is 10.9. The van der Waals surface area contributed by atoms with Crippen LogP contribution in [0, 0.1) is 4.77 Å². The quantitative estimate of drug-likeness (QED) is 0.723. The molecule has 0 bridgehead atoms. The molecule has 3 aromatic rings. The van der Waals surface area contributed by atoms with Crippen molar-refractivity contribution in [2.45, 2.75) is 6.54 Å². The van der Waals surface area contributed by atoms with Crippen LogP contribution in [0.15, 0.2) is 34.6 Å². The van der Waals surface area contributed by atoms with Crippen molar-refractivity contribution >= 4 is 40.4 Å². The highest BCUT2D eigenvalue weighted by molar-refractivity contribution is 7.71. The molecule has 2 heterocycles. The summed E-state index contributed by atoms with van der Waals surface area (Å²) in [4.78, 5) is 30.5. The molecule has 0 unspecified atom stereocenters. The number of carboxylic acids is 1. The van der Waals surface area contributed by atoms with Crippen molar-refractivity contribution in [2.24, 2.45) is 0 Å². The molecule has 0 aliphatic carbocycles. The van der Waals surface area contributed by atoms with Crippen molar-refractivity contribution in [1.82, 2.24) is 14.5 Å². The molecule has 0 aliphatic heterocycles. The SMILES string of the molecule is O=C(O)c1ccc2c(=O)n(Cc3nccs3)c(=S)[nH]c2c1. The van der Waals surface area contributed by atoms with E-state index in [-0.39, 0.29) is 15.9 Å². The van der Waals surface area contributed by atoms with Gasteiger partial charge >= 0.3 is 5.97 Å². The third kappa shape index (κ3) is 2.50. The van der Waals surface area contributed by atoms with E-state index >= 15 is 0 Å². The predicted octanol–water partition coefficient (Wildman–Crippen LogP) is 2.26. The van der Waals surface area contributed by atoms with Gasteiger partial charge in [-0.25, -0.2) is 9.78 Å². The highest BCUT2D eigenvalue weighted by Gasteiger charge is 2.10. The lowest BCUT2D eigenvalue weighted by Gasteiger charge is -2.07. The number of fused-ring (bicyclic) bond motifs is 1. The largest absolute Gasteiger partial charge is 0.478 e. The number of benzene rings is 1. The van der Waals surface area contributed by atoms with Crippen LogP contribution < -0.4 is 5.56 Å². The molecule has 6 nitrogen and oxygen atoms in total. The van der Waals surface area contributed by atoms with Crippen molar-refractivity contribution in [3.63, 3.8) is 0 Å². The third-order valence-electron chi connectivity index (χ3n) is 3.01. The Balaban J connectivity index is 2.20. The van der Waals surface area contributed by atoms with E-state index in [1.54, 1.807) is 6.20 Å². The molecule has 8 heteroatoms. The maximum Gasteiger partial charge on any atom is 0.335 e. The molecular weight excluding hydrogens is 310 g/mol. The van der Waals surface area contributed by atoms with Crippen molar-refractivity contribution in [3.8, 4) is 0 Å². The fraction of sp³-hybridized carbons (Fsp3) is 0.0769. The summed E-state index contributed by atoms with van der Waals surface area (Å²) in [6, 6.07) is 4.30. The first kappa shape index (κ1) is 13.7. The molecule has 106 valence electrons. The van der Waals surface area contributed by atoms with Crippen molar-refractivity contribution in [2.75, 3.05) is 0 Å². The van der Waals surface area contributed by atoms with E-state index in [4.69, 9.17) is 17.3 Å². The Bertz CT molecular complexity index is 941. The Morgan fingerprint density at radius 3 is 2.95 bits per heavy atom. The molecule has 1 aromatic carbocycles. The summed E-state index contributed by atoms with van der Waals surface area (Å²) in [6.07, 6.45) is 1.66. The minimum Gasteiger partial charge on any atom is -0.478 e. The number of rotatable bonds is 3. The maximum atomic E-state index is 12.5. The summed E-state index contributed by atoms with van der Waals surface area (Å²) < 4.78 is 1.65. The monoisotopic (exact) mass is 319 g/mol. The lowest BCUT2D eigenvalue weighted by atomic mass is 10.1. The molecule has 0 fully saturated rings.